The molecular formula is C30H52Br2O2. The zero-order valence-corrected chi connectivity index (χ0v) is 25.5. The summed E-state index contributed by atoms with van der Waals surface area (Å²) in [7, 11) is 0. The molecular weight excluding hydrogens is 552 g/mol. The number of benzene rings is 1. The number of unbranched alkanes of at least 4 members (excludes halogenated alkanes) is 18. The van der Waals surface area contributed by atoms with E-state index in [1.807, 2.05) is 12.1 Å². The van der Waals surface area contributed by atoms with Crippen molar-refractivity contribution in [3.8, 4) is 11.5 Å². The van der Waals surface area contributed by atoms with Crippen LogP contribution in [0.3, 0.4) is 0 Å². The molecule has 0 saturated carbocycles. The van der Waals surface area contributed by atoms with Crippen LogP contribution in [0.4, 0.5) is 0 Å². The standard InChI is InChI=1S/C30H52Br2O2/c1-3-5-7-9-11-13-15-17-19-21-23-33-29-25-28(32)30(26-27(29)31)34-24-22-20-18-16-14-12-10-8-6-4-2/h25-26H,3-24H2,1-2H3. The molecule has 0 bridgehead atoms. The zero-order chi connectivity index (χ0) is 24.7. The van der Waals surface area contributed by atoms with Crippen LogP contribution in [0.5, 0.6) is 11.5 Å². The summed E-state index contributed by atoms with van der Waals surface area (Å²) in [5.41, 5.74) is 0. The molecule has 1 aromatic carbocycles. The summed E-state index contributed by atoms with van der Waals surface area (Å²) in [5.74, 6) is 1.79. The van der Waals surface area contributed by atoms with Crippen LogP contribution in [0.1, 0.15) is 142 Å². The van der Waals surface area contributed by atoms with Gasteiger partial charge in [0.1, 0.15) is 11.5 Å². The SMILES string of the molecule is CCCCCCCCCCCCOc1cc(Br)c(OCCCCCCCCCCCC)cc1Br. The van der Waals surface area contributed by atoms with Gasteiger partial charge in [0.25, 0.3) is 0 Å². The van der Waals surface area contributed by atoms with Crippen LogP contribution < -0.4 is 9.47 Å². The van der Waals surface area contributed by atoms with Crippen LogP contribution >= 0.6 is 31.9 Å². The number of halogens is 2. The second-order valence-electron chi connectivity index (χ2n) is 9.77. The molecule has 1 aromatic rings. The topological polar surface area (TPSA) is 18.5 Å². The highest BCUT2D eigenvalue weighted by atomic mass is 79.9. The van der Waals surface area contributed by atoms with E-state index in [0.717, 1.165) is 46.5 Å². The molecule has 0 aliphatic carbocycles. The van der Waals surface area contributed by atoms with Gasteiger partial charge in [-0.2, -0.15) is 0 Å². The summed E-state index contributed by atoms with van der Waals surface area (Å²) in [6.45, 7) is 6.11. The maximum Gasteiger partial charge on any atom is 0.134 e. The van der Waals surface area contributed by atoms with E-state index < -0.39 is 0 Å². The van der Waals surface area contributed by atoms with E-state index >= 15 is 0 Å². The predicted octanol–water partition coefficient (Wildman–Crippen LogP) is 11.8. The molecule has 0 saturated heterocycles. The van der Waals surface area contributed by atoms with Crippen molar-refractivity contribution in [3.05, 3.63) is 21.1 Å². The van der Waals surface area contributed by atoms with Crippen molar-refractivity contribution >= 4 is 31.9 Å². The van der Waals surface area contributed by atoms with Crippen molar-refractivity contribution in [2.24, 2.45) is 0 Å². The molecule has 0 unspecified atom stereocenters. The van der Waals surface area contributed by atoms with E-state index in [4.69, 9.17) is 9.47 Å². The Labute approximate surface area is 228 Å². The van der Waals surface area contributed by atoms with Crippen molar-refractivity contribution in [3.63, 3.8) is 0 Å². The van der Waals surface area contributed by atoms with Crippen LogP contribution in [0, 0.1) is 0 Å². The Morgan fingerprint density at radius 2 is 0.706 bits per heavy atom. The van der Waals surface area contributed by atoms with E-state index in [-0.39, 0.29) is 0 Å². The van der Waals surface area contributed by atoms with Gasteiger partial charge in [-0.15, -0.1) is 0 Å². The van der Waals surface area contributed by atoms with Crippen molar-refractivity contribution in [2.75, 3.05) is 13.2 Å². The minimum atomic E-state index is 0.778. The fourth-order valence-corrected chi connectivity index (χ4v) is 5.15. The highest BCUT2D eigenvalue weighted by Crippen LogP contribution is 2.36. The molecule has 0 spiro atoms. The summed E-state index contributed by atoms with van der Waals surface area (Å²) in [4.78, 5) is 0. The summed E-state index contributed by atoms with van der Waals surface area (Å²) in [6, 6.07) is 4.07. The molecule has 0 atom stereocenters. The normalized spacial score (nSPS) is 11.2. The van der Waals surface area contributed by atoms with E-state index in [0.29, 0.717) is 0 Å². The highest BCUT2D eigenvalue weighted by Gasteiger charge is 2.09. The van der Waals surface area contributed by atoms with Crippen molar-refractivity contribution in [1.82, 2.24) is 0 Å². The lowest BCUT2D eigenvalue weighted by Crippen LogP contribution is -2.01. The number of hydrogen-bond acceptors (Lipinski definition) is 2. The average molecular weight is 605 g/mol. The first kappa shape index (κ1) is 31.8. The first-order valence-corrected chi connectivity index (χ1v) is 16.0. The van der Waals surface area contributed by atoms with Crippen LogP contribution in [0.15, 0.2) is 21.1 Å². The molecule has 0 aromatic heterocycles. The molecule has 0 aliphatic heterocycles. The van der Waals surface area contributed by atoms with Gasteiger partial charge in [-0.1, -0.05) is 129 Å². The molecule has 2 nitrogen and oxygen atoms in total. The van der Waals surface area contributed by atoms with E-state index in [1.165, 1.54) is 116 Å². The third kappa shape index (κ3) is 17.2. The van der Waals surface area contributed by atoms with E-state index in [2.05, 4.69) is 45.7 Å². The van der Waals surface area contributed by atoms with Gasteiger partial charge in [-0.05, 0) is 56.8 Å². The maximum absolute atomic E-state index is 6.02. The van der Waals surface area contributed by atoms with Gasteiger partial charge in [0.15, 0.2) is 0 Å². The Bertz CT molecular complexity index is 540. The second-order valence-corrected chi connectivity index (χ2v) is 11.5. The smallest absolute Gasteiger partial charge is 0.134 e. The van der Waals surface area contributed by atoms with Gasteiger partial charge in [0.05, 0.1) is 22.2 Å². The van der Waals surface area contributed by atoms with Gasteiger partial charge < -0.3 is 9.47 Å². The first-order chi connectivity index (χ1) is 16.7. The maximum atomic E-state index is 6.02. The Kier molecular flexibility index (Phi) is 21.7. The molecule has 0 fully saturated rings. The van der Waals surface area contributed by atoms with Gasteiger partial charge in [0, 0.05) is 0 Å². The summed E-state index contributed by atoms with van der Waals surface area (Å²) in [5, 5.41) is 0. The first-order valence-electron chi connectivity index (χ1n) is 14.4. The van der Waals surface area contributed by atoms with Gasteiger partial charge in [-0.3, -0.25) is 0 Å². The van der Waals surface area contributed by atoms with Gasteiger partial charge in [-0.25, -0.2) is 0 Å². The van der Waals surface area contributed by atoms with Gasteiger partial charge in [0.2, 0.25) is 0 Å². The summed E-state index contributed by atoms with van der Waals surface area (Å²) in [6.07, 6.45) is 26.9. The number of rotatable bonds is 24. The average Bonchev–Trinajstić information content (AvgIpc) is 2.83. The summed E-state index contributed by atoms with van der Waals surface area (Å²) >= 11 is 7.32. The monoisotopic (exact) mass is 602 g/mol. The zero-order valence-electron chi connectivity index (χ0n) is 22.3. The van der Waals surface area contributed by atoms with E-state index in [1.54, 1.807) is 0 Å². The number of ether oxygens (including phenoxy) is 2. The molecule has 0 N–H and O–H groups in total. The second kappa shape index (κ2) is 23.2. The fourth-order valence-electron chi connectivity index (χ4n) is 4.27. The summed E-state index contributed by atoms with van der Waals surface area (Å²) < 4.78 is 14.0. The lowest BCUT2D eigenvalue weighted by molar-refractivity contribution is 0.293. The Morgan fingerprint density at radius 1 is 0.441 bits per heavy atom. The molecule has 0 radical (unpaired) electrons. The molecule has 0 amide bonds. The third-order valence-electron chi connectivity index (χ3n) is 6.50. The Balaban J connectivity index is 2.07. The van der Waals surface area contributed by atoms with Crippen molar-refractivity contribution in [2.45, 2.75) is 142 Å². The predicted molar refractivity (Wildman–Crippen MR) is 157 cm³/mol. The largest absolute Gasteiger partial charge is 0.492 e. The van der Waals surface area contributed by atoms with Crippen LogP contribution in [-0.2, 0) is 0 Å². The quantitative estimate of drug-likeness (QED) is 0.109. The highest BCUT2D eigenvalue weighted by molar-refractivity contribution is 9.11. The molecule has 0 aliphatic rings. The molecule has 198 valence electrons. The molecule has 4 heteroatoms. The lowest BCUT2D eigenvalue weighted by atomic mass is 10.1. The van der Waals surface area contributed by atoms with Crippen molar-refractivity contribution in [1.29, 1.82) is 0 Å². The van der Waals surface area contributed by atoms with E-state index in [9.17, 15) is 0 Å². The van der Waals surface area contributed by atoms with Crippen LogP contribution in [0.25, 0.3) is 0 Å². The van der Waals surface area contributed by atoms with Gasteiger partial charge >= 0.3 is 0 Å². The minimum absolute atomic E-state index is 0.778. The van der Waals surface area contributed by atoms with Crippen LogP contribution in [-0.4, -0.2) is 13.2 Å². The minimum Gasteiger partial charge on any atom is -0.492 e. The Morgan fingerprint density at radius 3 is 1.00 bits per heavy atom. The molecule has 1 rings (SSSR count). The third-order valence-corrected chi connectivity index (χ3v) is 7.74. The van der Waals surface area contributed by atoms with Crippen molar-refractivity contribution < 1.29 is 9.47 Å². The molecule has 34 heavy (non-hydrogen) atoms. The Hall–Kier alpha value is -0.220. The number of hydrogen-bond donors (Lipinski definition) is 0. The lowest BCUT2D eigenvalue weighted by Gasteiger charge is -2.13. The fraction of sp³-hybridized carbons (Fsp3) is 0.800. The molecule has 0 heterocycles. The van der Waals surface area contributed by atoms with Crippen LogP contribution in [0.2, 0.25) is 0 Å².